The molecule has 0 unspecified atom stereocenters. The van der Waals surface area contributed by atoms with Gasteiger partial charge in [0.1, 0.15) is 0 Å². The van der Waals surface area contributed by atoms with Crippen LogP contribution in [0.25, 0.3) is 6.08 Å². The molecule has 0 aliphatic carbocycles. The number of hydrogen-bond acceptors (Lipinski definition) is 3. The number of likely N-dealkylation sites (tertiary alicyclic amines) is 1. The van der Waals surface area contributed by atoms with E-state index in [0.29, 0.717) is 0 Å². The number of hydrogen-bond donors (Lipinski definition) is 1. The highest BCUT2D eigenvalue weighted by Crippen LogP contribution is 2.12. The van der Waals surface area contributed by atoms with Crippen LogP contribution in [-0.2, 0) is 14.8 Å². The lowest BCUT2D eigenvalue weighted by molar-refractivity contribution is -0.126. The number of benzene rings is 1. The van der Waals surface area contributed by atoms with Crippen molar-refractivity contribution in [1.29, 1.82) is 0 Å². The Hall–Kier alpha value is -1.66. The van der Waals surface area contributed by atoms with Crippen LogP contribution in [0.15, 0.2) is 35.2 Å². The highest BCUT2D eigenvalue weighted by molar-refractivity contribution is 7.89. The van der Waals surface area contributed by atoms with Crippen molar-refractivity contribution in [2.24, 2.45) is 0 Å². The van der Waals surface area contributed by atoms with Crippen molar-refractivity contribution in [3.63, 3.8) is 0 Å². The molecule has 21 heavy (non-hydrogen) atoms. The van der Waals surface area contributed by atoms with Crippen molar-refractivity contribution in [3.8, 4) is 0 Å². The minimum absolute atomic E-state index is 0.0154. The van der Waals surface area contributed by atoms with E-state index in [1.165, 1.54) is 25.6 Å². The summed E-state index contributed by atoms with van der Waals surface area (Å²) in [5.41, 5.74) is 0.801. The zero-order valence-electron chi connectivity index (χ0n) is 12.1. The molecule has 0 bridgehead atoms. The fraction of sp³-hybridized carbons (Fsp3) is 0.400. The summed E-state index contributed by atoms with van der Waals surface area (Å²) < 4.78 is 25.5. The SMILES string of the molecule is CNS(=O)(=O)c1ccc(/C=C/C(=O)N2CCCCC2)cc1. The molecule has 1 aromatic rings. The first-order valence-corrected chi connectivity index (χ1v) is 8.52. The van der Waals surface area contributed by atoms with E-state index in [4.69, 9.17) is 0 Å². The predicted octanol–water partition coefficient (Wildman–Crippen LogP) is 1.62. The molecule has 0 radical (unpaired) electrons. The Balaban J connectivity index is 2.02. The molecule has 1 fully saturated rings. The molecule has 1 aromatic carbocycles. The molecule has 0 aromatic heterocycles. The fourth-order valence-corrected chi connectivity index (χ4v) is 2.99. The Kier molecular flexibility index (Phi) is 5.14. The Bertz CT molecular complexity index is 615. The highest BCUT2D eigenvalue weighted by Gasteiger charge is 2.13. The van der Waals surface area contributed by atoms with Crippen molar-refractivity contribution in [2.75, 3.05) is 20.1 Å². The Labute approximate surface area is 125 Å². The molecule has 1 saturated heterocycles. The van der Waals surface area contributed by atoms with E-state index in [1.807, 2.05) is 4.90 Å². The van der Waals surface area contributed by atoms with Gasteiger partial charge in [-0.1, -0.05) is 12.1 Å². The number of carbonyl (C=O) groups excluding carboxylic acids is 1. The normalized spacial score (nSPS) is 16.3. The number of piperidine rings is 1. The van der Waals surface area contributed by atoms with Gasteiger partial charge in [0.25, 0.3) is 0 Å². The second-order valence-electron chi connectivity index (χ2n) is 5.00. The zero-order valence-corrected chi connectivity index (χ0v) is 12.9. The van der Waals surface area contributed by atoms with Gasteiger partial charge < -0.3 is 4.90 Å². The van der Waals surface area contributed by atoms with Crippen LogP contribution < -0.4 is 4.72 Å². The predicted molar refractivity (Wildman–Crippen MR) is 82.2 cm³/mol. The van der Waals surface area contributed by atoms with Crippen LogP contribution in [0.1, 0.15) is 24.8 Å². The van der Waals surface area contributed by atoms with Crippen molar-refractivity contribution >= 4 is 22.0 Å². The molecule has 1 heterocycles. The topological polar surface area (TPSA) is 66.5 Å². The van der Waals surface area contributed by atoms with Gasteiger partial charge in [-0.25, -0.2) is 13.1 Å². The maximum atomic E-state index is 12.0. The van der Waals surface area contributed by atoms with Crippen LogP contribution >= 0.6 is 0 Å². The quantitative estimate of drug-likeness (QED) is 0.860. The third-order valence-corrected chi connectivity index (χ3v) is 4.98. The second-order valence-corrected chi connectivity index (χ2v) is 6.88. The van der Waals surface area contributed by atoms with E-state index < -0.39 is 10.0 Å². The lowest BCUT2D eigenvalue weighted by atomic mass is 10.1. The van der Waals surface area contributed by atoms with Crippen LogP contribution in [-0.4, -0.2) is 39.4 Å². The van der Waals surface area contributed by atoms with Gasteiger partial charge in [-0.05, 0) is 50.1 Å². The van der Waals surface area contributed by atoms with Gasteiger partial charge >= 0.3 is 0 Å². The maximum Gasteiger partial charge on any atom is 0.246 e. The summed E-state index contributed by atoms with van der Waals surface area (Å²) in [6.07, 6.45) is 6.58. The smallest absolute Gasteiger partial charge is 0.246 e. The number of amides is 1. The van der Waals surface area contributed by atoms with Gasteiger partial charge in [0.2, 0.25) is 15.9 Å². The Morgan fingerprint density at radius 3 is 2.33 bits per heavy atom. The molecule has 0 atom stereocenters. The van der Waals surface area contributed by atoms with Crippen molar-refractivity contribution in [2.45, 2.75) is 24.2 Å². The standard InChI is InChI=1S/C15H20N2O3S/c1-16-21(19,20)14-8-5-13(6-9-14)7-10-15(18)17-11-3-2-4-12-17/h5-10,16H,2-4,11-12H2,1H3/b10-7+. The summed E-state index contributed by atoms with van der Waals surface area (Å²) >= 11 is 0. The van der Waals surface area contributed by atoms with Gasteiger partial charge in [0.15, 0.2) is 0 Å². The average molecular weight is 308 g/mol. The lowest BCUT2D eigenvalue weighted by Crippen LogP contribution is -2.34. The molecule has 6 heteroatoms. The van der Waals surface area contributed by atoms with E-state index in [0.717, 1.165) is 31.5 Å². The first kappa shape index (κ1) is 15.7. The number of nitrogens with zero attached hydrogens (tertiary/aromatic N) is 1. The minimum atomic E-state index is -3.41. The second kappa shape index (κ2) is 6.87. The Morgan fingerprint density at radius 2 is 1.76 bits per heavy atom. The first-order valence-electron chi connectivity index (χ1n) is 7.03. The summed E-state index contributed by atoms with van der Waals surface area (Å²) in [6, 6.07) is 6.42. The number of rotatable bonds is 4. The fourth-order valence-electron chi connectivity index (χ4n) is 2.26. The molecular weight excluding hydrogens is 288 g/mol. The Morgan fingerprint density at radius 1 is 1.14 bits per heavy atom. The summed E-state index contributed by atoms with van der Waals surface area (Å²) in [7, 11) is -2.04. The molecule has 2 rings (SSSR count). The van der Waals surface area contributed by atoms with E-state index in [-0.39, 0.29) is 10.8 Å². The highest BCUT2D eigenvalue weighted by atomic mass is 32.2. The van der Waals surface area contributed by atoms with E-state index in [1.54, 1.807) is 24.3 Å². The van der Waals surface area contributed by atoms with Gasteiger partial charge in [-0.15, -0.1) is 0 Å². The van der Waals surface area contributed by atoms with E-state index in [9.17, 15) is 13.2 Å². The average Bonchev–Trinajstić information content (AvgIpc) is 2.54. The minimum Gasteiger partial charge on any atom is -0.339 e. The van der Waals surface area contributed by atoms with Crippen molar-refractivity contribution in [1.82, 2.24) is 9.62 Å². The van der Waals surface area contributed by atoms with Crippen LogP contribution in [0.3, 0.4) is 0 Å². The van der Waals surface area contributed by atoms with Crippen molar-refractivity contribution < 1.29 is 13.2 Å². The largest absolute Gasteiger partial charge is 0.339 e. The monoisotopic (exact) mass is 308 g/mol. The van der Waals surface area contributed by atoms with E-state index in [2.05, 4.69) is 4.72 Å². The summed E-state index contributed by atoms with van der Waals surface area (Å²) in [4.78, 5) is 14.0. The van der Waals surface area contributed by atoms with Crippen LogP contribution in [0.2, 0.25) is 0 Å². The number of nitrogens with one attached hydrogen (secondary N) is 1. The third kappa shape index (κ3) is 4.15. The molecule has 0 saturated carbocycles. The molecule has 114 valence electrons. The lowest BCUT2D eigenvalue weighted by Gasteiger charge is -2.25. The molecule has 0 spiro atoms. The third-order valence-electron chi connectivity index (χ3n) is 3.55. The van der Waals surface area contributed by atoms with Gasteiger partial charge in [0, 0.05) is 19.2 Å². The van der Waals surface area contributed by atoms with Gasteiger partial charge in [-0.3, -0.25) is 4.79 Å². The summed E-state index contributed by atoms with van der Waals surface area (Å²) in [6.45, 7) is 1.64. The van der Waals surface area contributed by atoms with E-state index >= 15 is 0 Å². The first-order chi connectivity index (χ1) is 10.0. The maximum absolute atomic E-state index is 12.0. The summed E-state index contributed by atoms with van der Waals surface area (Å²) in [5, 5.41) is 0. The van der Waals surface area contributed by atoms with Crippen LogP contribution in [0.5, 0.6) is 0 Å². The van der Waals surface area contributed by atoms with Crippen LogP contribution in [0.4, 0.5) is 0 Å². The molecule has 1 amide bonds. The number of sulfonamides is 1. The molecule has 1 N–H and O–H groups in total. The zero-order chi connectivity index (χ0) is 15.3. The number of carbonyl (C=O) groups is 1. The van der Waals surface area contributed by atoms with Gasteiger partial charge in [-0.2, -0.15) is 0 Å². The van der Waals surface area contributed by atoms with Crippen LogP contribution in [0, 0.1) is 0 Å². The molecule has 1 aliphatic heterocycles. The molecule has 5 nitrogen and oxygen atoms in total. The molecule has 1 aliphatic rings. The van der Waals surface area contributed by atoms with Crippen molar-refractivity contribution in [3.05, 3.63) is 35.9 Å². The van der Waals surface area contributed by atoms with Gasteiger partial charge in [0.05, 0.1) is 4.90 Å². The summed E-state index contributed by atoms with van der Waals surface area (Å²) in [5.74, 6) is 0.0154. The molecular formula is C15H20N2O3S.